The van der Waals surface area contributed by atoms with Crippen LogP contribution in [0.5, 0.6) is 5.75 Å². The number of anilines is 1. The molecule has 0 aliphatic heterocycles. The van der Waals surface area contributed by atoms with Gasteiger partial charge in [-0.3, -0.25) is 9.59 Å². The van der Waals surface area contributed by atoms with Crippen LogP contribution in [0.25, 0.3) is 0 Å². The number of benzene rings is 2. The Morgan fingerprint density at radius 2 is 1.76 bits per heavy atom. The van der Waals surface area contributed by atoms with Crippen molar-refractivity contribution < 1.29 is 37.0 Å². The summed E-state index contributed by atoms with van der Waals surface area (Å²) in [6.07, 6.45) is -5.60. The van der Waals surface area contributed by atoms with Gasteiger partial charge in [-0.05, 0) is 49.4 Å². The number of nitrogens with two attached hydrogens (primary N) is 1. The van der Waals surface area contributed by atoms with E-state index in [1.807, 2.05) is 0 Å². The fraction of sp³-hybridized carbons (Fsp3) is 0.211. The first-order valence-corrected chi connectivity index (χ1v) is 8.26. The maximum Gasteiger partial charge on any atom is 0.416 e. The van der Waals surface area contributed by atoms with Crippen LogP contribution in [-0.2, 0) is 20.5 Å². The summed E-state index contributed by atoms with van der Waals surface area (Å²) in [5.74, 6) is -1.97. The molecule has 0 saturated carbocycles. The second-order valence-corrected chi connectivity index (χ2v) is 5.89. The molecule has 2 rings (SSSR count). The highest BCUT2D eigenvalue weighted by atomic mass is 19.4. The predicted molar refractivity (Wildman–Crippen MR) is 96.1 cm³/mol. The lowest BCUT2D eigenvalue weighted by atomic mass is 10.2. The number of primary amides is 1. The van der Waals surface area contributed by atoms with Crippen molar-refractivity contribution in [3.05, 3.63) is 59.7 Å². The molecule has 0 aliphatic rings. The van der Waals surface area contributed by atoms with E-state index in [-0.39, 0.29) is 17.0 Å². The number of carbonyl (C=O) groups is 3. The van der Waals surface area contributed by atoms with Crippen LogP contribution in [0.1, 0.15) is 22.8 Å². The lowest BCUT2D eigenvalue weighted by molar-refractivity contribution is -0.137. The van der Waals surface area contributed by atoms with E-state index < -0.39 is 42.2 Å². The van der Waals surface area contributed by atoms with E-state index in [9.17, 15) is 27.6 Å². The summed E-state index contributed by atoms with van der Waals surface area (Å²) in [5, 5.41) is 2.30. The van der Waals surface area contributed by atoms with Gasteiger partial charge >= 0.3 is 12.1 Å². The first-order valence-electron chi connectivity index (χ1n) is 8.26. The Balaban J connectivity index is 1.89. The van der Waals surface area contributed by atoms with E-state index in [0.29, 0.717) is 0 Å². The van der Waals surface area contributed by atoms with Crippen LogP contribution in [0.4, 0.5) is 18.9 Å². The molecule has 0 aromatic heterocycles. The van der Waals surface area contributed by atoms with Gasteiger partial charge in [0.05, 0.1) is 11.1 Å². The van der Waals surface area contributed by atoms with Gasteiger partial charge in [-0.25, -0.2) is 4.79 Å². The molecule has 0 saturated heterocycles. The molecule has 0 bridgehead atoms. The summed E-state index contributed by atoms with van der Waals surface area (Å²) in [7, 11) is 0. The highest BCUT2D eigenvalue weighted by Crippen LogP contribution is 2.30. The quantitative estimate of drug-likeness (QED) is 0.683. The standard InChI is InChI=1S/C19H17F3N2O5/c1-11(17(23)26)29-18(27)12-5-7-15(8-6-12)28-10-16(25)24-14-4-2-3-13(9-14)19(20,21)22/h2-9,11H,10H2,1H3,(H2,23,26)(H,24,25). The van der Waals surface area contributed by atoms with E-state index in [0.717, 1.165) is 12.1 Å². The van der Waals surface area contributed by atoms with E-state index in [2.05, 4.69) is 5.32 Å². The lowest BCUT2D eigenvalue weighted by Gasteiger charge is -2.11. The smallest absolute Gasteiger partial charge is 0.416 e. The Kier molecular flexibility index (Phi) is 6.81. The SMILES string of the molecule is CC(OC(=O)c1ccc(OCC(=O)Nc2cccc(C(F)(F)F)c2)cc1)C(N)=O. The Bertz CT molecular complexity index is 897. The number of amides is 2. The Hall–Kier alpha value is -3.56. The van der Waals surface area contributed by atoms with Gasteiger partial charge < -0.3 is 20.5 Å². The topological polar surface area (TPSA) is 108 Å². The minimum absolute atomic E-state index is 0.0184. The molecule has 0 spiro atoms. The van der Waals surface area contributed by atoms with E-state index in [1.165, 1.54) is 43.3 Å². The predicted octanol–water partition coefficient (Wildman–Crippen LogP) is 2.75. The maximum atomic E-state index is 12.7. The van der Waals surface area contributed by atoms with Crippen LogP contribution in [0.3, 0.4) is 0 Å². The van der Waals surface area contributed by atoms with Gasteiger partial charge in [0.1, 0.15) is 5.75 Å². The minimum atomic E-state index is -4.52. The third-order valence-corrected chi connectivity index (χ3v) is 3.62. The number of hydrogen-bond acceptors (Lipinski definition) is 5. The zero-order valence-corrected chi connectivity index (χ0v) is 15.2. The molecule has 10 heteroatoms. The first-order chi connectivity index (χ1) is 13.6. The van der Waals surface area contributed by atoms with E-state index in [4.69, 9.17) is 15.2 Å². The highest BCUT2D eigenvalue weighted by Gasteiger charge is 2.30. The summed E-state index contributed by atoms with van der Waals surface area (Å²) in [6, 6.07) is 9.70. The summed E-state index contributed by atoms with van der Waals surface area (Å²) in [5.41, 5.74) is 4.24. The highest BCUT2D eigenvalue weighted by molar-refractivity contribution is 5.92. The Morgan fingerprint density at radius 1 is 1.10 bits per heavy atom. The summed E-state index contributed by atoms with van der Waals surface area (Å²) >= 11 is 0. The van der Waals surface area contributed by atoms with Crippen LogP contribution < -0.4 is 15.8 Å². The summed E-state index contributed by atoms with van der Waals surface area (Å²) in [4.78, 5) is 34.6. The van der Waals surface area contributed by atoms with Crippen LogP contribution in [0, 0.1) is 0 Å². The average molecular weight is 410 g/mol. The number of alkyl halides is 3. The third kappa shape index (κ3) is 6.52. The molecule has 154 valence electrons. The first kappa shape index (κ1) is 21.7. The Morgan fingerprint density at radius 3 is 2.34 bits per heavy atom. The van der Waals surface area contributed by atoms with Crippen molar-refractivity contribution in [3.8, 4) is 5.75 Å². The molecular weight excluding hydrogens is 393 g/mol. The Labute approximate surface area is 163 Å². The van der Waals surface area contributed by atoms with Gasteiger partial charge in [-0.15, -0.1) is 0 Å². The average Bonchev–Trinajstić information content (AvgIpc) is 2.66. The van der Waals surface area contributed by atoms with Crippen LogP contribution in [-0.4, -0.2) is 30.5 Å². The monoisotopic (exact) mass is 410 g/mol. The van der Waals surface area contributed by atoms with E-state index in [1.54, 1.807) is 0 Å². The van der Waals surface area contributed by atoms with Crippen LogP contribution in [0.2, 0.25) is 0 Å². The molecular formula is C19H17F3N2O5. The van der Waals surface area contributed by atoms with Crippen molar-refractivity contribution in [2.24, 2.45) is 5.73 Å². The number of ether oxygens (including phenoxy) is 2. The lowest BCUT2D eigenvalue weighted by Crippen LogP contribution is -2.30. The molecule has 2 aromatic rings. The molecule has 0 fully saturated rings. The van der Waals surface area contributed by atoms with Crippen molar-refractivity contribution in [2.45, 2.75) is 19.2 Å². The van der Waals surface area contributed by atoms with Gasteiger partial charge in [-0.1, -0.05) is 6.07 Å². The van der Waals surface area contributed by atoms with Crippen molar-refractivity contribution in [2.75, 3.05) is 11.9 Å². The normalized spacial score (nSPS) is 12.0. The van der Waals surface area contributed by atoms with Gasteiger partial charge in [0, 0.05) is 5.69 Å². The largest absolute Gasteiger partial charge is 0.484 e. The van der Waals surface area contributed by atoms with Gasteiger partial charge in [0.25, 0.3) is 11.8 Å². The van der Waals surface area contributed by atoms with Gasteiger partial charge in [-0.2, -0.15) is 13.2 Å². The minimum Gasteiger partial charge on any atom is -0.484 e. The maximum absolute atomic E-state index is 12.7. The fourth-order valence-corrected chi connectivity index (χ4v) is 2.09. The number of carbonyl (C=O) groups excluding carboxylic acids is 3. The molecule has 29 heavy (non-hydrogen) atoms. The van der Waals surface area contributed by atoms with Crippen molar-refractivity contribution in [1.29, 1.82) is 0 Å². The number of rotatable bonds is 7. The fourth-order valence-electron chi connectivity index (χ4n) is 2.09. The molecule has 0 aliphatic carbocycles. The molecule has 1 unspecified atom stereocenters. The van der Waals surface area contributed by atoms with Crippen molar-refractivity contribution in [3.63, 3.8) is 0 Å². The van der Waals surface area contributed by atoms with E-state index >= 15 is 0 Å². The number of esters is 1. The molecule has 2 amide bonds. The van der Waals surface area contributed by atoms with Crippen molar-refractivity contribution >= 4 is 23.5 Å². The number of hydrogen-bond donors (Lipinski definition) is 2. The molecule has 1 atom stereocenters. The molecule has 0 heterocycles. The number of nitrogens with one attached hydrogen (secondary N) is 1. The van der Waals surface area contributed by atoms with Crippen LogP contribution >= 0.6 is 0 Å². The molecule has 2 aromatic carbocycles. The molecule has 0 radical (unpaired) electrons. The van der Waals surface area contributed by atoms with Gasteiger partial charge in [0.2, 0.25) is 0 Å². The third-order valence-electron chi connectivity index (χ3n) is 3.62. The molecule has 3 N–H and O–H groups in total. The second-order valence-electron chi connectivity index (χ2n) is 5.89. The van der Waals surface area contributed by atoms with Crippen molar-refractivity contribution in [1.82, 2.24) is 0 Å². The van der Waals surface area contributed by atoms with Gasteiger partial charge in [0.15, 0.2) is 12.7 Å². The zero-order chi connectivity index (χ0) is 21.6. The van der Waals surface area contributed by atoms with Crippen LogP contribution in [0.15, 0.2) is 48.5 Å². The second kappa shape index (κ2) is 9.09. The summed E-state index contributed by atoms with van der Waals surface area (Å²) in [6.45, 7) is 0.874. The molecule has 7 nitrogen and oxygen atoms in total. The number of halogens is 3. The summed E-state index contributed by atoms with van der Waals surface area (Å²) < 4.78 is 48.1. The zero-order valence-electron chi connectivity index (χ0n) is 15.2.